The Bertz CT molecular complexity index is 656. The lowest BCUT2D eigenvalue weighted by Gasteiger charge is -2.32. The average Bonchev–Trinajstić information content (AvgIpc) is 3.29. The molecule has 0 spiro atoms. The van der Waals surface area contributed by atoms with Crippen molar-refractivity contribution in [3.8, 4) is 0 Å². The van der Waals surface area contributed by atoms with E-state index in [-0.39, 0.29) is 0 Å². The van der Waals surface area contributed by atoms with E-state index in [1.165, 1.54) is 12.8 Å². The monoisotopic (exact) mass is 313 g/mol. The van der Waals surface area contributed by atoms with E-state index in [0.29, 0.717) is 12.1 Å². The highest BCUT2D eigenvalue weighted by Crippen LogP contribution is 2.35. The first-order valence-electron chi connectivity index (χ1n) is 8.44. The Kier molecular flexibility index (Phi) is 3.95. The minimum Gasteiger partial charge on any atom is -0.367 e. The zero-order chi connectivity index (χ0) is 15.6. The molecule has 0 amide bonds. The molecular formula is C16H23N7. The number of piperidine rings is 1. The molecule has 1 saturated carbocycles. The fraction of sp³-hybridized carbons (Fsp3) is 0.625. The number of anilines is 1. The third-order valence-electron chi connectivity index (χ3n) is 4.70. The maximum Gasteiger partial charge on any atom is 0.147 e. The van der Waals surface area contributed by atoms with Gasteiger partial charge in [0.1, 0.15) is 24.3 Å². The number of aryl methyl sites for hydroxylation is 1. The van der Waals surface area contributed by atoms with E-state index in [1.54, 1.807) is 6.33 Å². The molecule has 7 heteroatoms. The van der Waals surface area contributed by atoms with Crippen LogP contribution in [0.3, 0.4) is 0 Å². The molecule has 0 aromatic carbocycles. The second-order valence-electron chi connectivity index (χ2n) is 6.62. The molecule has 1 saturated heterocycles. The number of likely N-dealkylation sites (tertiary alicyclic amines) is 1. The van der Waals surface area contributed by atoms with Crippen LogP contribution in [0, 0.1) is 6.92 Å². The van der Waals surface area contributed by atoms with Gasteiger partial charge in [-0.3, -0.25) is 4.90 Å². The first-order chi connectivity index (χ1) is 11.3. The smallest absolute Gasteiger partial charge is 0.147 e. The van der Waals surface area contributed by atoms with Crippen molar-refractivity contribution in [3.05, 3.63) is 30.2 Å². The van der Waals surface area contributed by atoms with Crippen LogP contribution in [0.15, 0.2) is 18.7 Å². The van der Waals surface area contributed by atoms with Crippen molar-refractivity contribution in [2.75, 3.05) is 18.4 Å². The quantitative estimate of drug-likeness (QED) is 0.907. The van der Waals surface area contributed by atoms with Crippen molar-refractivity contribution in [1.29, 1.82) is 0 Å². The first kappa shape index (κ1) is 14.6. The largest absolute Gasteiger partial charge is 0.367 e. The molecular weight excluding hydrogens is 290 g/mol. The van der Waals surface area contributed by atoms with Crippen LogP contribution in [0.2, 0.25) is 0 Å². The lowest BCUT2D eigenvalue weighted by Crippen LogP contribution is -2.39. The van der Waals surface area contributed by atoms with E-state index in [2.05, 4.69) is 34.9 Å². The maximum atomic E-state index is 4.31. The first-order valence-corrected chi connectivity index (χ1v) is 8.44. The predicted molar refractivity (Wildman–Crippen MR) is 87.0 cm³/mol. The third kappa shape index (κ3) is 3.50. The number of aromatic nitrogens is 5. The van der Waals surface area contributed by atoms with Crippen molar-refractivity contribution in [2.24, 2.45) is 0 Å². The van der Waals surface area contributed by atoms with Crippen LogP contribution >= 0.6 is 0 Å². The molecule has 0 unspecified atom stereocenters. The fourth-order valence-electron chi connectivity index (χ4n) is 3.22. The molecule has 0 bridgehead atoms. The van der Waals surface area contributed by atoms with E-state index in [1.807, 2.05) is 19.3 Å². The Morgan fingerprint density at radius 2 is 2.00 bits per heavy atom. The van der Waals surface area contributed by atoms with Gasteiger partial charge in [0.05, 0.1) is 6.54 Å². The number of rotatable bonds is 5. The molecule has 1 aliphatic heterocycles. The van der Waals surface area contributed by atoms with Crippen molar-refractivity contribution < 1.29 is 0 Å². The summed E-state index contributed by atoms with van der Waals surface area (Å²) in [4.78, 5) is 10.9. The standard InChI is InChI=1S/C16H23N7/c1-12-8-15(18-10-17-12)20-13-4-6-22(7-5-13)9-16-21-19-11-23(16)14-2-3-14/h8,10-11,13-14H,2-7,9H2,1H3,(H,17,18,20). The molecule has 1 N–H and O–H groups in total. The Morgan fingerprint density at radius 1 is 1.17 bits per heavy atom. The Hall–Kier alpha value is -2.02. The normalized spacial score (nSPS) is 19.9. The maximum absolute atomic E-state index is 4.31. The molecule has 2 aromatic heterocycles. The zero-order valence-corrected chi connectivity index (χ0v) is 13.5. The molecule has 3 heterocycles. The zero-order valence-electron chi connectivity index (χ0n) is 13.5. The van der Waals surface area contributed by atoms with Gasteiger partial charge in [0.15, 0.2) is 0 Å². The van der Waals surface area contributed by atoms with Crippen LogP contribution in [-0.2, 0) is 6.54 Å². The summed E-state index contributed by atoms with van der Waals surface area (Å²) in [5.74, 6) is 2.05. The summed E-state index contributed by atoms with van der Waals surface area (Å²) in [6, 6.07) is 3.15. The third-order valence-corrected chi connectivity index (χ3v) is 4.70. The lowest BCUT2D eigenvalue weighted by atomic mass is 10.1. The van der Waals surface area contributed by atoms with Crippen LogP contribution in [-0.4, -0.2) is 48.8 Å². The number of nitrogens with one attached hydrogen (secondary N) is 1. The van der Waals surface area contributed by atoms with E-state index in [4.69, 9.17) is 0 Å². The Balaban J connectivity index is 1.29. The van der Waals surface area contributed by atoms with Gasteiger partial charge in [-0.05, 0) is 32.6 Å². The number of hydrogen-bond donors (Lipinski definition) is 1. The predicted octanol–water partition coefficient (Wildman–Crippen LogP) is 1.79. The highest BCUT2D eigenvalue weighted by atomic mass is 15.3. The molecule has 7 nitrogen and oxygen atoms in total. The average molecular weight is 313 g/mol. The van der Waals surface area contributed by atoms with E-state index in [9.17, 15) is 0 Å². The molecule has 122 valence electrons. The molecule has 1 aliphatic carbocycles. The Labute approximate surface area is 136 Å². The van der Waals surface area contributed by atoms with E-state index in [0.717, 1.165) is 49.8 Å². The molecule has 4 rings (SSSR count). The molecule has 0 atom stereocenters. The van der Waals surface area contributed by atoms with Crippen molar-refractivity contribution in [2.45, 2.75) is 51.2 Å². The minimum atomic E-state index is 0.488. The molecule has 0 radical (unpaired) electrons. The number of nitrogens with zero attached hydrogens (tertiary/aromatic N) is 6. The van der Waals surface area contributed by atoms with Gasteiger partial charge in [0.25, 0.3) is 0 Å². The van der Waals surface area contributed by atoms with Gasteiger partial charge in [0.2, 0.25) is 0 Å². The van der Waals surface area contributed by atoms with Crippen molar-refractivity contribution >= 4 is 5.82 Å². The van der Waals surface area contributed by atoms with Gasteiger partial charge in [0, 0.05) is 36.9 Å². The lowest BCUT2D eigenvalue weighted by molar-refractivity contribution is 0.204. The second kappa shape index (κ2) is 6.23. The summed E-state index contributed by atoms with van der Waals surface area (Å²) >= 11 is 0. The van der Waals surface area contributed by atoms with Gasteiger partial charge < -0.3 is 9.88 Å². The fourth-order valence-corrected chi connectivity index (χ4v) is 3.22. The summed E-state index contributed by atoms with van der Waals surface area (Å²) < 4.78 is 2.26. The van der Waals surface area contributed by atoms with Gasteiger partial charge in [-0.2, -0.15) is 0 Å². The summed E-state index contributed by atoms with van der Waals surface area (Å²) in [5, 5.41) is 11.9. The molecule has 23 heavy (non-hydrogen) atoms. The summed E-state index contributed by atoms with van der Waals surface area (Å²) in [6.45, 7) is 5.07. The molecule has 2 fully saturated rings. The molecule has 2 aromatic rings. The molecule has 2 aliphatic rings. The van der Waals surface area contributed by atoms with Crippen LogP contribution in [0.25, 0.3) is 0 Å². The van der Waals surface area contributed by atoms with Gasteiger partial charge in [-0.1, -0.05) is 0 Å². The second-order valence-corrected chi connectivity index (χ2v) is 6.62. The number of hydrogen-bond acceptors (Lipinski definition) is 6. The topological polar surface area (TPSA) is 71.8 Å². The van der Waals surface area contributed by atoms with E-state index < -0.39 is 0 Å². The summed E-state index contributed by atoms with van der Waals surface area (Å²) in [7, 11) is 0. The highest BCUT2D eigenvalue weighted by molar-refractivity contribution is 5.35. The minimum absolute atomic E-state index is 0.488. The summed E-state index contributed by atoms with van der Waals surface area (Å²) in [5.41, 5.74) is 0.999. The van der Waals surface area contributed by atoms with Gasteiger partial charge in [-0.25, -0.2) is 9.97 Å². The van der Waals surface area contributed by atoms with Crippen molar-refractivity contribution in [1.82, 2.24) is 29.6 Å². The highest BCUT2D eigenvalue weighted by Gasteiger charge is 2.27. The van der Waals surface area contributed by atoms with Gasteiger partial charge >= 0.3 is 0 Å². The Morgan fingerprint density at radius 3 is 2.74 bits per heavy atom. The van der Waals surface area contributed by atoms with Crippen LogP contribution < -0.4 is 5.32 Å². The summed E-state index contributed by atoms with van der Waals surface area (Å²) in [6.07, 6.45) is 8.31. The van der Waals surface area contributed by atoms with Crippen LogP contribution in [0.4, 0.5) is 5.82 Å². The van der Waals surface area contributed by atoms with E-state index >= 15 is 0 Å². The van der Waals surface area contributed by atoms with Gasteiger partial charge in [-0.15, -0.1) is 10.2 Å². The van der Waals surface area contributed by atoms with Crippen LogP contribution in [0.5, 0.6) is 0 Å². The SMILES string of the molecule is Cc1cc(NC2CCN(Cc3nncn3C3CC3)CC2)ncn1. The van der Waals surface area contributed by atoms with Crippen LogP contribution in [0.1, 0.15) is 43.2 Å². The van der Waals surface area contributed by atoms with Crippen molar-refractivity contribution in [3.63, 3.8) is 0 Å².